The molecule has 1 aromatic carbocycles. The maximum atomic E-state index is 12.3. The summed E-state index contributed by atoms with van der Waals surface area (Å²) in [7, 11) is -3.70. The molecule has 1 heterocycles. The number of carboxylic acid groups (broad SMARTS) is 1. The Morgan fingerprint density at radius 1 is 1.38 bits per heavy atom. The number of benzene rings is 1. The van der Waals surface area contributed by atoms with Crippen molar-refractivity contribution in [3.63, 3.8) is 0 Å². The predicted octanol–water partition coefficient (Wildman–Crippen LogP) is 1.40. The Morgan fingerprint density at radius 2 is 2.05 bits per heavy atom. The molecule has 2 N–H and O–H groups in total. The van der Waals surface area contributed by atoms with Crippen LogP contribution >= 0.6 is 0 Å². The summed E-state index contributed by atoms with van der Waals surface area (Å²) in [5.41, 5.74) is 0.492. The average Bonchev–Trinajstić information content (AvgIpc) is 2.46. The van der Waals surface area contributed by atoms with Crippen LogP contribution in [0.2, 0.25) is 0 Å². The Morgan fingerprint density at radius 3 is 2.67 bits per heavy atom. The lowest BCUT2D eigenvalue weighted by atomic mass is 10.0. The van der Waals surface area contributed by atoms with E-state index in [-0.39, 0.29) is 16.4 Å². The van der Waals surface area contributed by atoms with E-state index in [9.17, 15) is 13.2 Å². The summed E-state index contributed by atoms with van der Waals surface area (Å²) in [6, 6.07) is 4.10. The van der Waals surface area contributed by atoms with Crippen molar-refractivity contribution in [2.24, 2.45) is 5.92 Å². The molecule has 0 spiro atoms. The Labute approximate surface area is 124 Å². The van der Waals surface area contributed by atoms with E-state index in [1.165, 1.54) is 18.2 Å². The molecule has 1 fully saturated rings. The molecule has 1 aliphatic rings. The molecule has 6 nitrogen and oxygen atoms in total. The third-order valence-electron chi connectivity index (χ3n) is 3.63. The van der Waals surface area contributed by atoms with Crippen molar-refractivity contribution in [2.75, 3.05) is 19.8 Å². The lowest BCUT2D eigenvalue weighted by Crippen LogP contribution is -2.32. The van der Waals surface area contributed by atoms with Crippen molar-refractivity contribution in [1.82, 2.24) is 4.72 Å². The smallest absolute Gasteiger partial charge is 0.335 e. The maximum absolute atomic E-state index is 12.3. The number of nitrogens with one attached hydrogen (secondary N) is 1. The van der Waals surface area contributed by atoms with Crippen LogP contribution in [0.4, 0.5) is 0 Å². The normalized spacial score (nSPS) is 16.8. The third kappa shape index (κ3) is 4.03. The minimum Gasteiger partial charge on any atom is -0.478 e. The monoisotopic (exact) mass is 313 g/mol. The molecule has 0 saturated carbocycles. The first-order chi connectivity index (χ1) is 9.90. The van der Waals surface area contributed by atoms with Crippen LogP contribution in [0, 0.1) is 12.8 Å². The van der Waals surface area contributed by atoms with E-state index < -0.39 is 16.0 Å². The predicted molar refractivity (Wildman–Crippen MR) is 76.9 cm³/mol. The van der Waals surface area contributed by atoms with Crippen LogP contribution in [0.25, 0.3) is 0 Å². The molecule has 0 unspecified atom stereocenters. The zero-order valence-electron chi connectivity index (χ0n) is 11.8. The van der Waals surface area contributed by atoms with Gasteiger partial charge in [-0.3, -0.25) is 0 Å². The molecule has 0 bridgehead atoms. The van der Waals surface area contributed by atoms with Gasteiger partial charge >= 0.3 is 5.97 Å². The number of aryl methyl sites for hydroxylation is 1. The van der Waals surface area contributed by atoms with E-state index in [4.69, 9.17) is 9.84 Å². The zero-order chi connectivity index (χ0) is 15.5. The fourth-order valence-electron chi connectivity index (χ4n) is 2.28. The summed E-state index contributed by atoms with van der Waals surface area (Å²) < 4.78 is 32.5. The summed E-state index contributed by atoms with van der Waals surface area (Å²) in [4.78, 5) is 11.0. The average molecular weight is 313 g/mol. The van der Waals surface area contributed by atoms with E-state index >= 15 is 0 Å². The molecule has 1 aliphatic heterocycles. The van der Waals surface area contributed by atoms with Crippen LogP contribution in [0.15, 0.2) is 23.1 Å². The topological polar surface area (TPSA) is 92.7 Å². The Kier molecular flexibility index (Phi) is 4.97. The van der Waals surface area contributed by atoms with Crippen molar-refractivity contribution >= 4 is 16.0 Å². The van der Waals surface area contributed by atoms with Crippen molar-refractivity contribution in [2.45, 2.75) is 24.7 Å². The fraction of sp³-hybridized carbons (Fsp3) is 0.500. The van der Waals surface area contributed by atoms with Gasteiger partial charge in [-0.2, -0.15) is 0 Å². The number of sulfonamides is 1. The van der Waals surface area contributed by atoms with Gasteiger partial charge in [0.2, 0.25) is 10.0 Å². The second kappa shape index (κ2) is 6.55. The van der Waals surface area contributed by atoms with Gasteiger partial charge in [0, 0.05) is 19.8 Å². The summed E-state index contributed by atoms with van der Waals surface area (Å²) in [6.45, 7) is 3.30. The summed E-state index contributed by atoms with van der Waals surface area (Å²) in [6.07, 6.45) is 1.66. The van der Waals surface area contributed by atoms with Gasteiger partial charge in [0.15, 0.2) is 0 Å². The van der Waals surface area contributed by atoms with E-state index in [1.54, 1.807) is 6.92 Å². The first kappa shape index (κ1) is 15.9. The second-order valence-corrected chi connectivity index (χ2v) is 6.93. The fourth-order valence-corrected chi connectivity index (χ4v) is 3.66. The van der Waals surface area contributed by atoms with Gasteiger partial charge in [-0.1, -0.05) is 6.07 Å². The van der Waals surface area contributed by atoms with Crippen LogP contribution in [0.3, 0.4) is 0 Å². The number of aromatic carboxylic acids is 1. The lowest BCUT2D eigenvalue weighted by molar-refractivity contribution is 0.0677. The first-order valence-electron chi connectivity index (χ1n) is 6.81. The summed E-state index contributed by atoms with van der Waals surface area (Å²) in [5, 5.41) is 8.97. The zero-order valence-corrected chi connectivity index (χ0v) is 12.6. The van der Waals surface area contributed by atoms with Gasteiger partial charge in [-0.05, 0) is 43.4 Å². The third-order valence-corrected chi connectivity index (χ3v) is 5.19. The van der Waals surface area contributed by atoms with Gasteiger partial charge in [-0.25, -0.2) is 17.9 Å². The molecule has 0 atom stereocenters. The highest BCUT2D eigenvalue weighted by Crippen LogP contribution is 2.19. The van der Waals surface area contributed by atoms with Gasteiger partial charge in [-0.15, -0.1) is 0 Å². The minimum absolute atomic E-state index is 0.0226. The van der Waals surface area contributed by atoms with Crippen molar-refractivity contribution in [3.8, 4) is 0 Å². The molecule has 1 saturated heterocycles. The van der Waals surface area contributed by atoms with Crippen LogP contribution in [0.5, 0.6) is 0 Å². The molecule has 21 heavy (non-hydrogen) atoms. The number of carboxylic acids is 1. The van der Waals surface area contributed by atoms with E-state index in [0.29, 0.717) is 25.3 Å². The Hall–Kier alpha value is -1.44. The molecular weight excluding hydrogens is 294 g/mol. The minimum atomic E-state index is -3.70. The van der Waals surface area contributed by atoms with Crippen LogP contribution in [-0.2, 0) is 14.8 Å². The number of hydrogen-bond acceptors (Lipinski definition) is 4. The largest absolute Gasteiger partial charge is 0.478 e. The molecule has 1 aromatic rings. The highest BCUT2D eigenvalue weighted by Gasteiger charge is 2.21. The van der Waals surface area contributed by atoms with Crippen LogP contribution < -0.4 is 4.72 Å². The summed E-state index contributed by atoms with van der Waals surface area (Å²) in [5.74, 6) is -0.882. The standard InChI is InChI=1S/C14H19NO5S/c1-10-2-3-12(14(16)17)8-13(10)21(18,19)15-9-11-4-6-20-7-5-11/h2-3,8,11,15H,4-7,9H2,1H3,(H,16,17). The molecule has 0 radical (unpaired) electrons. The van der Waals surface area contributed by atoms with Crippen molar-refractivity contribution in [1.29, 1.82) is 0 Å². The molecule has 0 aromatic heterocycles. The molecule has 0 aliphatic carbocycles. The molecule has 116 valence electrons. The highest BCUT2D eigenvalue weighted by molar-refractivity contribution is 7.89. The van der Waals surface area contributed by atoms with E-state index in [1.807, 2.05) is 0 Å². The molecule has 0 amide bonds. The highest BCUT2D eigenvalue weighted by atomic mass is 32.2. The second-order valence-electron chi connectivity index (χ2n) is 5.19. The van der Waals surface area contributed by atoms with Crippen molar-refractivity contribution in [3.05, 3.63) is 29.3 Å². The SMILES string of the molecule is Cc1ccc(C(=O)O)cc1S(=O)(=O)NCC1CCOCC1. The molecule has 2 rings (SSSR count). The number of hydrogen-bond donors (Lipinski definition) is 2. The Bertz CT molecular complexity index is 620. The van der Waals surface area contributed by atoms with Gasteiger partial charge in [0.05, 0.1) is 10.5 Å². The Balaban J connectivity index is 2.14. The first-order valence-corrected chi connectivity index (χ1v) is 8.30. The number of rotatable bonds is 5. The molecule has 7 heteroatoms. The summed E-state index contributed by atoms with van der Waals surface area (Å²) >= 11 is 0. The van der Waals surface area contributed by atoms with Crippen molar-refractivity contribution < 1.29 is 23.1 Å². The lowest BCUT2D eigenvalue weighted by Gasteiger charge is -2.22. The van der Waals surface area contributed by atoms with E-state index in [0.717, 1.165) is 12.8 Å². The van der Waals surface area contributed by atoms with Crippen LogP contribution in [0.1, 0.15) is 28.8 Å². The molecular formula is C14H19NO5S. The van der Waals surface area contributed by atoms with Gasteiger partial charge in [0.25, 0.3) is 0 Å². The van der Waals surface area contributed by atoms with Gasteiger partial charge in [0.1, 0.15) is 0 Å². The number of carbonyl (C=O) groups is 1. The van der Waals surface area contributed by atoms with Gasteiger partial charge < -0.3 is 9.84 Å². The van der Waals surface area contributed by atoms with E-state index in [2.05, 4.69) is 4.72 Å². The van der Waals surface area contributed by atoms with Crippen LogP contribution in [-0.4, -0.2) is 39.3 Å². The quantitative estimate of drug-likeness (QED) is 0.857. The maximum Gasteiger partial charge on any atom is 0.335 e. The number of ether oxygens (including phenoxy) is 1.